The summed E-state index contributed by atoms with van der Waals surface area (Å²) in [6.07, 6.45) is 8.60. The van der Waals surface area contributed by atoms with Crippen LogP contribution in [0.5, 0.6) is 0 Å². The molecule has 0 aliphatic carbocycles. The normalized spacial score (nSPS) is 28.3. The maximum Gasteiger partial charge on any atom is 0.0128 e. The van der Waals surface area contributed by atoms with E-state index in [4.69, 9.17) is 6.42 Å². The molecule has 1 rings (SSSR count). The van der Waals surface area contributed by atoms with Crippen molar-refractivity contribution in [1.82, 2.24) is 5.32 Å². The minimum atomic E-state index is 0.346. The van der Waals surface area contributed by atoms with Crippen LogP contribution in [0.1, 0.15) is 33.1 Å². The molecular formula is C10H17N. The van der Waals surface area contributed by atoms with Crippen LogP contribution in [0, 0.1) is 18.3 Å². The van der Waals surface area contributed by atoms with E-state index in [-0.39, 0.29) is 0 Å². The summed E-state index contributed by atoms with van der Waals surface area (Å²) < 4.78 is 0. The number of hydrogen-bond acceptors (Lipinski definition) is 1. The lowest BCUT2D eigenvalue weighted by Gasteiger charge is -2.16. The predicted molar refractivity (Wildman–Crippen MR) is 48.3 cm³/mol. The van der Waals surface area contributed by atoms with Gasteiger partial charge in [0.25, 0.3) is 0 Å². The third kappa shape index (κ3) is 2.55. The molecule has 1 aliphatic heterocycles. The Morgan fingerprint density at radius 3 is 2.82 bits per heavy atom. The Morgan fingerprint density at radius 2 is 2.36 bits per heavy atom. The Bertz CT molecular complexity index is 164. The van der Waals surface area contributed by atoms with E-state index in [1.165, 1.54) is 12.8 Å². The molecule has 0 spiro atoms. The topological polar surface area (TPSA) is 12.0 Å². The first kappa shape index (κ1) is 8.62. The molecule has 0 radical (unpaired) electrons. The second-order valence-electron chi connectivity index (χ2n) is 4.08. The van der Waals surface area contributed by atoms with Gasteiger partial charge in [-0.1, -0.05) is 0 Å². The molecule has 0 bridgehead atoms. The minimum absolute atomic E-state index is 0.346. The molecule has 1 aliphatic rings. The van der Waals surface area contributed by atoms with Crippen LogP contribution in [-0.2, 0) is 0 Å². The van der Waals surface area contributed by atoms with Crippen molar-refractivity contribution in [2.45, 2.75) is 38.6 Å². The van der Waals surface area contributed by atoms with Crippen molar-refractivity contribution in [1.29, 1.82) is 0 Å². The number of terminal acetylenes is 1. The fraction of sp³-hybridized carbons (Fsp3) is 0.800. The first-order valence-corrected chi connectivity index (χ1v) is 4.32. The third-order valence-electron chi connectivity index (χ3n) is 2.37. The lowest BCUT2D eigenvalue weighted by atomic mass is 9.94. The van der Waals surface area contributed by atoms with Gasteiger partial charge >= 0.3 is 0 Å². The third-order valence-corrected chi connectivity index (χ3v) is 2.37. The zero-order valence-corrected chi connectivity index (χ0v) is 7.48. The second-order valence-corrected chi connectivity index (χ2v) is 4.08. The van der Waals surface area contributed by atoms with Crippen LogP contribution in [0.15, 0.2) is 0 Å². The molecule has 1 N–H and O–H groups in total. The fourth-order valence-electron chi connectivity index (χ4n) is 1.78. The predicted octanol–water partition coefficient (Wildman–Crippen LogP) is 1.79. The second kappa shape index (κ2) is 3.28. The summed E-state index contributed by atoms with van der Waals surface area (Å²) in [4.78, 5) is 0. The molecule has 1 nitrogen and oxygen atoms in total. The van der Waals surface area contributed by atoms with Gasteiger partial charge in [-0.15, -0.1) is 12.3 Å². The van der Waals surface area contributed by atoms with E-state index in [9.17, 15) is 0 Å². The van der Waals surface area contributed by atoms with Gasteiger partial charge in [-0.25, -0.2) is 0 Å². The van der Waals surface area contributed by atoms with Crippen LogP contribution in [-0.4, -0.2) is 12.1 Å². The van der Waals surface area contributed by atoms with Crippen LogP contribution in [0.3, 0.4) is 0 Å². The Hall–Kier alpha value is -0.480. The summed E-state index contributed by atoms with van der Waals surface area (Å²) in [5, 5.41) is 3.49. The molecule has 0 aromatic rings. The molecule has 1 atom stereocenters. The summed E-state index contributed by atoms with van der Waals surface area (Å²) in [5.41, 5.74) is 0.346. The van der Waals surface area contributed by atoms with E-state index < -0.39 is 0 Å². The Balaban J connectivity index is 2.26. The molecule has 1 fully saturated rings. The average Bonchev–Trinajstić information content (AvgIpc) is 2.26. The van der Waals surface area contributed by atoms with E-state index in [1.54, 1.807) is 0 Å². The highest BCUT2D eigenvalue weighted by atomic mass is 15.0. The summed E-state index contributed by atoms with van der Waals surface area (Å²) in [5.74, 6) is 3.50. The highest BCUT2D eigenvalue weighted by molar-refractivity contribution is 4.92. The lowest BCUT2D eigenvalue weighted by Crippen LogP contribution is -2.31. The Kier molecular flexibility index (Phi) is 2.57. The number of nitrogens with one attached hydrogen (secondary N) is 1. The average molecular weight is 151 g/mol. The summed E-state index contributed by atoms with van der Waals surface area (Å²) in [6.45, 7) is 5.65. The van der Waals surface area contributed by atoms with Crippen molar-refractivity contribution >= 4 is 0 Å². The van der Waals surface area contributed by atoms with Crippen LogP contribution in [0.25, 0.3) is 0 Å². The van der Waals surface area contributed by atoms with Gasteiger partial charge in [0.15, 0.2) is 0 Å². The van der Waals surface area contributed by atoms with Gasteiger partial charge in [-0.2, -0.15) is 0 Å². The first-order chi connectivity index (χ1) is 5.14. The van der Waals surface area contributed by atoms with Gasteiger partial charge in [-0.3, -0.25) is 0 Å². The highest BCUT2D eigenvalue weighted by Gasteiger charge is 2.29. The van der Waals surface area contributed by atoms with Gasteiger partial charge in [0.2, 0.25) is 0 Å². The van der Waals surface area contributed by atoms with Gasteiger partial charge in [0, 0.05) is 12.0 Å². The van der Waals surface area contributed by atoms with Gasteiger partial charge < -0.3 is 5.32 Å². The number of rotatable bonds is 2. The summed E-state index contributed by atoms with van der Waals surface area (Å²) >= 11 is 0. The molecule has 1 unspecified atom stereocenters. The number of hydrogen-bond donors (Lipinski definition) is 1. The molecule has 0 amide bonds. The fourth-order valence-corrected chi connectivity index (χ4v) is 1.78. The minimum Gasteiger partial charge on any atom is -0.312 e. The van der Waals surface area contributed by atoms with Gasteiger partial charge in [-0.05, 0) is 39.2 Å². The highest BCUT2D eigenvalue weighted by Crippen LogP contribution is 2.26. The molecular weight excluding hydrogens is 134 g/mol. The molecule has 1 heterocycles. The van der Waals surface area contributed by atoms with E-state index in [1.807, 2.05) is 0 Å². The van der Waals surface area contributed by atoms with E-state index in [2.05, 4.69) is 25.1 Å². The molecule has 0 aromatic carbocycles. The molecule has 1 heteroatoms. The smallest absolute Gasteiger partial charge is 0.0128 e. The maximum absolute atomic E-state index is 5.20. The summed E-state index contributed by atoms with van der Waals surface area (Å²) in [7, 11) is 0. The largest absolute Gasteiger partial charge is 0.312 e. The standard InChI is InChI=1S/C10H17N/c1-4-5-6-9-7-10(2,3)11-8-9/h1,9,11H,5-8H2,2-3H3. The Morgan fingerprint density at radius 1 is 1.64 bits per heavy atom. The van der Waals surface area contributed by atoms with Gasteiger partial charge in [0.1, 0.15) is 0 Å². The first-order valence-electron chi connectivity index (χ1n) is 4.32. The van der Waals surface area contributed by atoms with Crippen molar-refractivity contribution in [2.75, 3.05) is 6.54 Å². The van der Waals surface area contributed by atoms with Crippen LogP contribution >= 0.6 is 0 Å². The van der Waals surface area contributed by atoms with Crippen molar-refractivity contribution in [3.05, 3.63) is 0 Å². The molecule has 62 valence electrons. The van der Waals surface area contributed by atoms with E-state index in [0.29, 0.717) is 5.54 Å². The summed E-state index contributed by atoms with van der Waals surface area (Å²) in [6, 6.07) is 0. The van der Waals surface area contributed by atoms with Crippen LogP contribution in [0.4, 0.5) is 0 Å². The van der Waals surface area contributed by atoms with E-state index in [0.717, 1.165) is 18.9 Å². The van der Waals surface area contributed by atoms with Crippen LogP contribution < -0.4 is 5.32 Å². The van der Waals surface area contributed by atoms with Crippen molar-refractivity contribution in [2.24, 2.45) is 5.92 Å². The van der Waals surface area contributed by atoms with Crippen molar-refractivity contribution < 1.29 is 0 Å². The zero-order valence-electron chi connectivity index (χ0n) is 7.48. The Labute approximate surface area is 69.6 Å². The van der Waals surface area contributed by atoms with Gasteiger partial charge in [0.05, 0.1) is 0 Å². The monoisotopic (exact) mass is 151 g/mol. The van der Waals surface area contributed by atoms with Crippen molar-refractivity contribution in [3.63, 3.8) is 0 Å². The van der Waals surface area contributed by atoms with Crippen molar-refractivity contribution in [3.8, 4) is 12.3 Å². The lowest BCUT2D eigenvalue weighted by molar-refractivity contribution is 0.434. The van der Waals surface area contributed by atoms with E-state index >= 15 is 0 Å². The SMILES string of the molecule is C#CCCC1CNC(C)(C)C1. The molecule has 0 aromatic heterocycles. The zero-order chi connectivity index (χ0) is 8.32. The quantitative estimate of drug-likeness (QED) is 0.593. The molecule has 11 heavy (non-hydrogen) atoms. The maximum atomic E-state index is 5.20. The molecule has 0 saturated carbocycles. The van der Waals surface area contributed by atoms with Crippen LogP contribution in [0.2, 0.25) is 0 Å². The molecule has 1 saturated heterocycles.